The van der Waals surface area contributed by atoms with Gasteiger partial charge in [-0.05, 0) is 57.8 Å². The van der Waals surface area contributed by atoms with Crippen LogP contribution < -0.4 is 0 Å². The van der Waals surface area contributed by atoms with Crippen molar-refractivity contribution in [1.29, 1.82) is 0 Å². The molecule has 0 N–H and O–H groups in total. The van der Waals surface area contributed by atoms with E-state index in [-0.39, 0.29) is 37.5 Å². The van der Waals surface area contributed by atoms with E-state index in [0.717, 1.165) is 77.0 Å². The molecule has 0 saturated heterocycles. The van der Waals surface area contributed by atoms with E-state index in [2.05, 4.69) is 81.5 Å². The van der Waals surface area contributed by atoms with E-state index < -0.39 is 6.10 Å². The average molecular weight is 1040 g/mol. The van der Waals surface area contributed by atoms with Crippen molar-refractivity contribution in [3.05, 3.63) is 60.8 Å². The zero-order chi connectivity index (χ0) is 53.6. The molecule has 0 aromatic carbocycles. The van der Waals surface area contributed by atoms with Gasteiger partial charge in [0.15, 0.2) is 6.10 Å². The largest absolute Gasteiger partial charge is 0.462 e. The van der Waals surface area contributed by atoms with Gasteiger partial charge in [0.2, 0.25) is 0 Å². The predicted molar refractivity (Wildman–Crippen MR) is 321 cm³/mol. The van der Waals surface area contributed by atoms with E-state index in [0.29, 0.717) is 19.3 Å². The number of ether oxygens (including phenoxy) is 3. The van der Waals surface area contributed by atoms with Crippen LogP contribution >= 0.6 is 0 Å². The summed E-state index contributed by atoms with van der Waals surface area (Å²) < 4.78 is 16.9. The zero-order valence-electron chi connectivity index (χ0n) is 49.4. The first-order valence-electron chi connectivity index (χ1n) is 32.3. The van der Waals surface area contributed by atoms with Crippen molar-refractivity contribution in [2.45, 2.75) is 341 Å². The first-order valence-corrected chi connectivity index (χ1v) is 32.3. The SMILES string of the molecule is CC/C=C\C/C=C\C/C=C\C/C=C\C/C=C\CCCC(=O)OCC(COC(=O)CCCCCCCCCCCCCCCCCCCCCC)OC(=O)CCCCCCCCCCCCCCCCCCCCC. The molecule has 0 radical (unpaired) electrons. The lowest BCUT2D eigenvalue weighted by Gasteiger charge is -2.18. The highest BCUT2D eigenvalue weighted by Crippen LogP contribution is 2.18. The molecule has 0 aromatic rings. The summed E-state index contributed by atoms with van der Waals surface area (Å²) in [4.78, 5) is 38.3. The van der Waals surface area contributed by atoms with Gasteiger partial charge in [-0.15, -0.1) is 0 Å². The molecule has 0 aliphatic heterocycles. The van der Waals surface area contributed by atoms with Gasteiger partial charge in [0.05, 0.1) is 0 Å². The molecule has 0 heterocycles. The van der Waals surface area contributed by atoms with E-state index in [1.165, 1.54) is 212 Å². The Balaban J connectivity index is 4.39. The van der Waals surface area contributed by atoms with Gasteiger partial charge in [-0.3, -0.25) is 14.4 Å². The van der Waals surface area contributed by atoms with Crippen molar-refractivity contribution in [3.63, 3.8) is 0 Å². The molecular formula is C68H122O6. The van der Waals surface area contributed by atoms with Crippen molar-refractivity contribution in [3.8, 4) is 0 Å². The average Bonchev–Trinajstić information content (AvgIpc) is 3.40. The lowest BCUT2D eigenvalue weighted by molar-refractivity contribution is -0.167. The van der Waals surface area contributed by atoms with Gasteiger partial charge in [-0.2, -0.15) is 0 Å². The maximum Gasteiger partial charge on any atom is 0.306 e. The number of hydrogen-bond acceptors (Lipinski definition) is 6. The lowest BCUT2D eigenvalue weighted by Crippen LogP contribution is -2.30. The molecule has 0 fully saturated rings. The van der Waals surface area contributed by atoms with Crippen LogP contribution in [-0.4, -0.2) is 37.2 Å². The van der Waals surface area contributed by atoms with Crippen molar-refractivity contribution >= 4 is 17.9 Å². The summed E-state index contributed by atoms with van der Waals surface area (Å²) in [6.45, 7) is 6.54. The number of unbranched alkanes of at least 4 members (excludes halogenated alkanes) is 38. The molecule has 0 aromatic heterocycles. The summed E-state index contributed by atoms with van der Waals surface area (Å²) in [6, 6.07) is 0. The van der Waals surface area contributed by atoms with Crippen molar-refractivity contribution in [1.82, 2.24) is 0 Å². The molecule has 1 unspecified atom stereocenters. The Morgan fingerprint density at radius 3 is 0.824 bits per heavy atom. The summed E-state index contributed by atoms with van der Waals surface area (Å²) in [7, 11) is 0. The second-order valence-corrected chi connectivity index (χ2v) is 21.7. The van der Waals surface area contributed by atoms with Crippen molar-refractivity contribution < 1.29 is 28.6 Å². The van der Waals surface area contributed by atoms with Crippen LogP contribution in [0.1, 0.15) is 335 Å². The Hall–Kier alpha value is -2.89. The molecule has 0 amide bonds. The maximum atomic E-state index is 12.9. The molecule has 0 aliphatic carbocycles. The second kappa shape index (κ2) is 62.6. The van der Waals surface area contributed by atoms with E-state index in [4.69, 9.17) is 14.2 Å². The highest BCUT2D eigenvalue weighted by Gasteiger charge is 2.19. The topological polar surface area (TPSA) is 78.9 Å². The quantitative estimate of drug-likeness (QED) is 0.0261. The molecular weight excluding hydrogens is 913 g/mol. The normalized spacial score (nSPS) is 12.4. The summed E-state index contributed by atoms with van der Waals surface area (Å²) in [5.74, 6) is -0.926. The Morgan fingerprint density at radius 1 is 0.284 bits per heavy atom. The van der Waals surface area contributed by atoms with Crippen LogP contribution in [0.15, 0.2) is 60.8 Å². The molecule has 0 bridgehead atoms. The molecule has 430 valence electrons. The number of esters is 3. The van der Waals surface area contributed by atoms with Gasteiger partial charge in [0, 0.05) is 19.3 Å². The monoisotopic (exact) mass is 1030 g/mol. The van der Waals surface area contributed by atoms with Crippen LogP contribution in [0.5, 0.6) is 0 Å². The standard InChI is InChI=1S/C68H122O6/c1-4-7-10-13-16-19-22-25-28-31-33-35-37-40-43-46-49-52-55-58-61-67(70)73-64-65(63-72-66(69)60-57-54-51-48-45-42-39-36-30-27-24-21-18-15-12-9-6-3)74-68(71)62-59-56-53-50-47-44-41-38-34-32-29-26-23-20-17-14-11-8-5-2/h9,12,18,21,27,30,39,42,48,51,65H,4-8,10-11,13-17,19-20,22-26,28-29,31-38,40-41,43-47,49-50,52-64H2,1-3H3/b12-9-,21-18-,30-27-,42-39-,51-48-. The van der Waals surface area contributed by atoms with Crippen LogP contribution in [-0.2, 0) is 28.6 Å². The first kappa shape index (κ1) is 71.1. The van der Waals surface area contributed by atoms with Gasteiger partial charge in [0.25, 0.3) is 0 Å². The van der Waals surface area contributed by atoms with Crippen LogP contribution in [0.2, 0.25) is 0 Å². The number of hydrogen-bond donors (Lipinski definition) is 0. The third-order valence-corrected chi connectivity index (χ3v) is 14.3. The van der Waals surface area contributed by atoms with E-state index >= 15 is 0 Å². The van der Waals surface area contributed by atoms with Crippen LogP contribution in [0.25, 0.3) is 0 Å². The first-order chi connectivity index (χ1) is 36.5. The number of carbonyl (C=O) groups is 3. The van der Waals surface area contributed by atoms with Crippen LogP contribution in [0, 0.1) is 0 Å². The van der Waals surface area contributed by atoms with Gasteiger partial charge >= 0.3 is 17.9 Å². The number of allylic oxidation sites excluding steroid dienone is 10. The van der Waals surface area contributed by atoms with Gasteiger partial charge in [0.1, 0.15) is 13.2 Å². The predicted octanol–water partition coefficient (Wildman–Crippen LogP) is 21.9. The highest BCUT2D eigenvalue weighted by molar-refractivity contribution is 5.71. The Bertz CT molecular complexity index is 1330. The Labute approximate surface area is 460 Å². The molecule has 74 heavy (non-hydrogen) atoms. The third-order valence-electron chi connectivity index (χ3n) is 14.3. The fourth-order valence-corrected chi connectivity index (χ4v) is 9.48. The van der Waals surface area contributed by atoms with Gasteiger partial charge in [-0.25, -0.2) is 0 Å². The van der Waals surface area contributed by atoms with Crippen LogP contribution in [0.3, 0.4) is 0 Å². The smallest absolute Gasteiger partial charge is 0.306 e. The molecule has 0 spiro atoms. The van der Waals surface area contributed by atoms with E-state index in [1.807, 2.05) is 0 Å². The Morgan fingerprint density at radius 2 is 0.527 bits per heavy atom. The molecule has 0 rings (SSSR count). The number of carbonyl (C=O) groups excluding carboxylic acids is 3. The molecule has 6 nitrogen and oxygen atoms in total. The van der Waals surface area contributed by atoms with Crippen molar-refractivity contribution in [2.24, 2.45) is 0 Å². The third kappa shape index (κ3) is 60.0. The summed E-state index contributed by atoms with van der Waals surface area (Å²) in [5, 5.41) is 0. The minimum absolute atomic E-state index is 0.0870. The second-order valence-electron chi connectivity index (χ2n) is 21.7. The van der Waals surface area contributed by atoms with Crippen LogP contribution in [0.4, 0.5) is 0 Å². The minimum atomic E-state index is -0.795. The van der Waals surface area contributed by atoms with E-state index in [9.17, 15) is 14.4 Å². The number of rotatable bonds is 59. The summed E-state index contributed by atoms with van der Waals surface area (Å²) in [6.07, 6.45) is 79.5. The van der Waals surface area contributed by atoms with Gasteiger partial charge < -0.3 is 14.2 Å². The Kier molecular flexibility index (Phi) is 60.2. The zero-order valence-corrected chi connectivity index (χ0v) is 49.4. The molecule has 0 aliphatic rings. The fraction of sp³-hybridized carbons (Fsp3) is 0.809. The highest BCUT2D eigenvalue weighted by atomic mass is 16.6. The summed E-state index contributed by atoms with van der Waals surface area (Å²) in [5.41, 5.74) is 0. The van der Waals surface area contributed by atoms with Gasteiger partial charge in [-0.1, -0.05) is 319 Å². The maximum absolute atomic E-state index is 12.9. The molecule has 1 atom stereocenters. The van der Waals surface area contributed by atoms with E-state index in [1.54, 1.807) is 0 Å². The van der Waals surface area contributed by atoms with Crippen molar-refractivity contribution in [2.75, 3.05) is 13.2 Å². The fourth-order valence-electron chi connectivity index (χ4n) is 9.48. The molecule has 0 saturated carbocycles. The minimum Gasteiger partial charge on any atom is -0.462 e. The lowest BCUT2D eigenvalue weighted by atomic mass is 10.0. The molecule has 6 heteroatoms. The summed E-state index contributed by atoms with van der Waals surface area (Å²) >= 11 is 0.